The first-order chi connectivity index (χ1) is 14.0. The first kappa shape index (κ1) is 21.2. The van der Waals surface area contributed by atoms with Gasteiger partial charge in [0.25, 0.3) is 0 Å². The Bertz CT molecular complexity index is 846. The quantitative estimate of drug-likeness (QED) is 0.460. The predicted octanol–water partition coefficient (Wildman–Crippen LogP) is 2.76. The van der Waals surface area contributed by atoms with E-state index >= 15 is 0 Å². The smallest absolute Gasteiger partial charge is 0.193 e. The van der Waals surface area contributed by atoms with E-state index in [4.69, 9.17) is 9.47 Å². The molecule has 0 amide bonds. The van der Waals surface area contributed by atoms with Gasteiger partial charge in [0.2, 0.25) is 0 Å². The standard InChI is InChI=1S/C22H33N5O2/c1-16-11-17(2)18(3)20(12-16)28-9-6-7-24-22(23-4)27-8-10-29-21(15-27)19-13-25-26(5)14-19/h11-14,21H,6-10,15H2,1-5H3,(H,23,24). The summed E-state index contributed by atoms with van der Waals surface area (Å²) in [6.07, 6.45) is 4.81. The number of hydrogen-bond donors (Lipinski definition) is 1. The van der Waals surface area contributed by atoms with Crippen molar-refractivity contribution in [1.82, 2.24) is 20.0 Å². The molecule has 0 radical (unpaired) electrons. The highest BCUT2D eigenvalue weighted by Gasteiger charge is 2.25. The number of rotatable bonds is 6. The minimum atomic E-state index is 0.0202. The largest absolute Gasteiger partial charge is 0.493 e. The molecule has 1 atom stereocenters. The van der Waals surface area contributed by atoms with Gasteiger partial charge in [-0.3, -0.25) is 9.67 Å². The molecule has 3 rings (SSSR count). The fourth-order valence-electron chi connectivity index (χ4n) is 3.59. The van der Waals surface area contributed by atoms with Crippen LogP contribution in [0.2, 0.25) is 0 Å². The van der Waals surface area contributed by atoms with Crippen LogP contribution >= 0.6 is 0 Å². The fourth-order valence-corrected chi connectivity index (χ4v) is 3.59. The molecule has 0 saturated carbocycles. The number of ether oxygens (including phenoxy) is 2. The molecule has 1 fully saturated rings. The van der Waals surface area contributed by atoms with Gasteiger partial charge in [-0.15, -0.1) is 0 Å². The number of nitrogens with zero attached hydrogens (tertiary/aromatic N) is 4. The van der Waals surface area contributed by atoms with Crippen LogP contribution in [-0.4, -0.2) is 60.5 Å². The van der Waals surface area contributed by atoms with Crippen molar-refractivity contribution in [2.75, 3.05) is 39.9 Å². The lowest BCUT2D eigenvalue weighted by molar-refractivity contribution is -0.00803. The number of aromatic nitrogens is 2. The van der Waals surface area contributed by atoms with Crippen molar-refractivity contribution in [2.24, 2.45) is 12.0 Å². The van der Waals surface area contributed by atoms with Crippen molar-refractivity contribution in [3.63, 3.8) is 0 Å². The number of guanidine groups is 1. The zero-order valence-corrected chi connectivity index (χ0v) is 18.2. The Balaban J connectivity index is 1.46. The molecule has 0 spiro atoms. The van der Waals surface area contributed by atoms with Gasteiger partial charge in [0.05, 0.1) is 26.0 Å². The molecule has 1 N–H and O–H groups in total. The van der Waals surface area contributed by atoms with Crippen molar-refractivity contribution in [3.8, 4) is 5.75 Å². The second-order valence-electron chi connectivity index (χ2n) is 7.63. The van der Waals surface area contributed by atoms with Gasteiger partial charge in [-0.2, -0.15) is 5.10 Å². The highest BCUT2D eigenvalue weighted by molar-refractivity contribution is 5.80. The lowest BCUT2D eigenvalue weighted by Gasteiger charge is -2.34. The minimum Gasteiger partial charge on any atom is -0.493 e. The lowest BCUT2D eigenvalue weighted by atomic mass is 10.1. The molecule has 29 heavy (non-hydrogen) atoms. The maximum Gasteiger partial charge on any atom is 0.193 e. The summed E-state index contributed by atoms with van der Waals surface area (Å²) in [5.74, 6) is 1.89. The molecule has 7 nitrogen and oxygen atoms in total. The molecule has 2 heterocycles. The zero-order chi connectivity index (χ0) is 20.8. The average molecular weight is 400 g/mol. The zero-order valence-electron chi connectivity index (χ0n) is 18.2. The van der Waals surface area contributed by atoms with Crippen molar-refractivity contribution in [3.05, 3.63) is 46.8 Å². The molecule has 1 aliphatic rings. The summed E-state index contributed by atoms with van der Waals surface area (Å²) < 4.78 is 13.7. The van der Waals surface area contributed by atoms with Crippen molar-refractivity contribution >= 4 is 5.96 Å². The van der Waals surface area contributed by atoms with Gasteiger partial charge in [0.1, 0.15) is 11.9 Å². The van der Waals surface area contributed by atoms with Crippen LogP contribution in [0.5, 0.6) is 5.75 Å². The summed E-state index contributed by atoms with van der Waals surface area (Å²) in [6, 6.07) is 4.30. The molecule has 2 aromatic rings. The molecule has 158 valence electrons. The van der Waals surface area contributed by atoms with E-state index in [2.05, 4.69) is 53.2 Å². The van der Waals surface area contributed by atoms with E-state index in [-0.39, 0.29) is 6.10 Å². The topological polar surface area (TPSA) is 63.9 Å². The average Bonchev–Trinajstić information content (AvgIpc) is 3.14. The number of nitrogens with one attached hydrogen (secondary N) is 1. The molecule has 1 aromatic carbocycles. The highest BCUT2D eigenvalue weighted by Crippen LogP contribution is 2.23. The van der Waals surface area contributed by atoms with E-state index in [0.717, 1.165) is 43.3 Å². The van der Waals surface area contributed by atoms with Crippen LogP contribution in [-0.2, 0) is 11.8 Å². The van der Waals surface area contributed by atoms with Crippen LogP contribution in [0, 0.1) is 20.8 Å². The summed E-state index contributed by atoms with van der Waals surface area (Å²) >= 11 is 0. The molecule has 1 aromatic heterocycles. The Morgan fingerprint density at radius 2 is 2.17 bits per heavy atom. The van der Waals surface area contributed by atoms with Gasteiger partial charge < -0.3 is 19.7 Å². The summed E-state index contributed by atoms with van der Waals surface area (Å²) in [5.41, 5.74) is 4.82. The SMILES string of the molecule is CN=C(NCCCOc1cc(C)cc(C)c1C)N1CCOC(c2cnn(C)c2)C1. The molecule has 1 saturated heterocycles. The van der Waals surface area contributed by atoms with Crippen LogP contribution in [0.4, 0.5) is 0 Å². The molecule has 7 heteroatoms. The van der Waals surface area contributed by atoms with E-state index in [0.29, 0.717) is 13.2 Å². The van der Waals surface area contributed by atoms with Crippen LogP contribution in [0.15, 0.2) is 29.5 Å². The number of morpholine rings is 1. The molecule has 1 aliphatic heterocycles. The number of aryl methyl sites for hydroxylation is 3. The Labute approximate surface area is 173 Å². The van der Waals surface area contributed by atoms with Crippen molar-refractivity contribution in [1.29, 1.82) is 0 Å². The van der Waals surface area contributed by atoms with Gasteiger partial charge in [0, 0.05) is 38.9 Å². The molecule has 0 bridgehead atoms. The minimum absolute atomic E-state index is 0.0202. The second-order valence-corrected chi connectivity index (χ2v) is 7.63. The van der Waals surface area contributed by atoms with E-state index < -0.39 is 0 Å². The predicted molar refractivity (Wildman–Crippen MR) is 116 cm³/mol. The van der Waals surface area contributed by atoms with Crippen LogP contribution in [0.25, 0.3) is 0 Å². The van der Waals surface area contributed by atoms with Crippen molar-refractivity contribution in [2.45, 2.75) is 33.3 Å². The summed E-state index contributed by atoms with van der Waals surface area (Å²) in [5, 5.41) is 7.71. The van der Waals surface area contributed by atoms with Crippen LogP contribution in [0.3, 0.4) is 0 Å². The summed E-state index contributed by atoms with van der Waals surface area (Å²) in [6.45, 7) is 10.1. The van der Waals surface area contributed by atoms with Crippen LogP contribution in [0.1, 0.15) is 34.8 Å². The summed E-state index contributed by atoms with van der Waals surface area (Å²) in [7, 11) is 3.75. The first-order valence-corrected chi connectivity index (χ1v) is 10.2. The van der Waals surface area contributed by atoms with Gasteiger partial charge in [-0.1, -0.05) is 6.07 Å². The number of aliphatic imine (C=N–C) groups is 1. The molecule has 0 aliphatic carbocycles. The molecular formula is C22H33N5O2. The number of hydrogen-bond acceptors (Lipinski definition) is 4. The third-order valence-corrected chi connectivity index (χ3v) is 5.30. The van der Waals surface area contributed by atoms with E-state index in [9.17, 15) is 0 Å². The maximum absolute atomic E-state index is 6.01. The summed E-state index contributed by atoms with van der Waals surface area (Å²) in [4.78, 5) is 6.70. The monoisotopic (exact) mass is 399 g/mol. The third kappa shape index (κ3) is 5.50. The van der Waals surface area contributed by atoms with Crippen molar-refractivity contribution < 1.29 is 9.47 Å². The van der Waals surface area contributed by atoms with E-state index in [1.165, 1.54) is 16.7 Å². The highest BCUT2D eigenvalue weighted by atomic mass is 16.5. The third-order valence-electron chi connectivity index (χ3n) is 5.30. The van der Waals surface area contributed by atoms with Gasteiger partial charge in [0.15, 0.2) is 5.96 Å². The molecular weight excluding hydrogens is 366 g/mol. The van der Waals surface area contributed by atoms with E-state index in [1.807, 2.05) is 31.2 Å². The Hall–Kier alpha value is -2.54. The fraction of sp³-hybridized carbons (Fsp3) is 0.545. The Morgan fingerprint density at radius 1 is 1.34 bits per heavy atom. The van der Waals surface area contributed by atoms with Gasteiger partial charge in [-0.05, 0) is 49.9 Å². The van der Waals surface area contributed by atoms with Gasteiger partial charge >= 0.3 is 0 Å². The normalized spacial score (nSPS) is 17.5. The Kier molecular flexibility index (Phi) is 7.14. The van der Waals surface area contributed by atoms with E-state index in [1.54, 1.807) is 0 Å². The Morgan fingerprint density at radius 3 is 2.90 bits per heavy atom. The van der Waals surface area contributed by atoms with Crippen LogP contribution < -0.4 is 10.1 Å². The maximum atomic E-state index is 6.01. The lowest BCUT2D eigenvalue weighted by Crippen LogP contribution is -2.48. The number of benzene rings is 1. The van der Waals surface area contributed by atoms with Gasteiger partial charge in [-0.25, -0.2) is 0 Å². The second kappa shape index (κ2) is 9.78. The first-order valence-electron chi connectivity index (χ1n) is 10.2. The molecule has 1 unspecified atom stereocenters.